The number of benzene rings is 1. The van der Waals surface area contributed by atoms with Crippen LogP contribution in [0.2, 0.25) is 0 Å². The first-order chi connectivity index (χ1) is 11.1. The van der Waals surface area contributed by atoms with E-state index < -0.39 is 0 Å². The lowest BCUT2D eigenvalue weighted by atomic mass is 10.0. The van der Waals surface area contributed by atoms with Crippen LogP contribution in [-0.4, -0.2) is 36.7 Å². The normalized spacial score (nSPS) is 23.3. The molecule has 23 heavy (non-hydrogen) atoms. The molecule has 3 aliphatic rings. The van der Waals surface area contributed by atoms with Crippen molar-refractivity contribution in [2.45, 2.75) is 39.3 Å². The molecule has 1 saturated heterocycles. The van der Waals surface area contributed by atoms with Crippen LogP contribution >= 0.6 is 0 Å². The van der Waals surface area contributed by atoms with Gasteiger partial charge in [-0.2, -0.15) is 0 Å². The van der Waals surface area contributed by atoms with Crippen LogP contribution in [0.1, 0.15) is 42.6 Å². The molecule has 3 aliphatic heterocycles. The summed E-state index contributed by atoms with van der Waals surface area (Å²) in [5, 5.41) is 0. The summed E-state index contributed by atoms with van der Waals surface area (Å²) in [7, 11) is 0. The van der Waals surface area contributed by atoms with Crippen LogP contribution in [0.25, 0.3) is 0 Å². The first kappa shape index (κ1) is 14.7. The summed E-state index contributed by atoms with van der Waals surface area (Å²) in [6, 6.07) is 3.69. The molecule has 1 aromatic rings. The quantitative estimate of drug-likeness (QED) is 0.785. The van der Waals surface area contributed by atoms with Crippen LogP contribution in [-0.2, 0) is 11.3 Å². The second-order valence-electron chi connectivity index (χ2n) is 6.60. The standard InChI is InChI=1S/C18H21NO4/c1-11(2)17-16(20)13-5-6-15-14(18(13)23-17)9-19(10-22-15)8-12-4-3-7-21-12/h5-6,12H,3-4,7-10H2,1-2H3. The maximum Gasteiger partial charge on any atom is 0.231 e. The van der Waals surface area contributed by atoms with E-state index in [4.69, 9.17) is 14.2 Å². The molecule has 0 amide bonds. The third-order valence-corrected chi connectivity index (χ3v) is 4.60. The van der Waals surface area contributed by atoms with Crippen LogP contribution in [0.5, 0.6) is 11.5 Å². The van der Waals surface area contributed by atoms with Crippen LogP contribution in [0, 0.1) is 0 Å². The predicted octanol–water partition coefficient (Wildman–Crippen LogP) is 2.89. The molecule has 5 nitrogen and oxygen atoms in total. The van der Waals surface area contributed by atoms with Crippen LogP contribution in [0.15, 0.2) is 23.5 Å². The molecule has 1 atom stereocenters. The highest BCUT2D eigenvalue weighted by Crippen LogP contribution is 2.42. The van der Waals surface area contributed by atoms with Gasteiger partial charge in [-0.3, -0.25) is 9.69 Å². The average molecular weight is 315 g/mol. The van der Waals surface area contributed by atoms with Gasteiger partial charge in [-0.1, -0.05) is 0 Å². The van der Waals surface area contributed by atoms with Crippen molar-refractivity contribution in [2.75, 3.05) is 19.9 Å². The maximum atomic E-state index is 12.4. The van der Waals surface area contributed by atoms with Crippen molar-refractivity contribution in [3.05, 3.63) is 34.6 Å². The molecule has 0 radical (unpaired) electrons. The van der Waals surface area contributed by atoms with Gasteiger partial charge in [0.05, 0.1) is 17.2 Å². The Kier molecular flexibility index (Phi) is 3.62. The van der Waals surface area contributed by atoms with E-state index >= 15 is 0 Å². The van der Waals surface area contributed by atoms with E-state index in [9.17, 15) is 4.79 Å². The van der Waals surface area contributed by atoms with Gasteiger partial charge < -0.3 is 14.2 Å². The second kappa shape index (κ2) is 5.65. The first-order valence-corrected chi connectivity index (χ1v) is 8.16. The molecule has 1 fully saturated rings. The number of ketones is 1. The van der Waals surface area contributed by atoms with Crippen molar-refractivity contribution in [2.24, 2.45) is 0 Å². The number of ether oxygens (including phenoxy) is 3. The zero-order valence-electron chi connectivity index (χ0n) is 13.6. The Balaban J connectivity index is 1.61. The zero-order chi connectivity index (χ0) is 16.0. The van der Waals surface area contributed by atoms with Crippen molar-refractivity contribution < 1.29 is 19.0 Å². The Bertz CT molecular complexity index is 685. The molecule has 122 valence electrons. The highest BCUT2D eigenvalue weighted by molar-refractivity contribution is 6.13. The third kappa shape index (κ3) is 2.54. The van der Waals surface area contributed by atoms with E-state index in [2.05, 4.69) is 4.90 Å². The van der Waals surface area contributed by atoms with E-state index in [0.29, 0.717) is 23.8 Å². The molecule has 0 spiro atoms. The number of carbonyl (C=O) groups is 1. The Morgan fingerprint density at radius 2 is 2.22 bits per heavy atom. The highest BCUT2D eigenvalue weighted by Gasteiger charge is 2.34. The lowest BCUT2D eigenvalue weighted by Crippen LogP contribution is -2.37. The van der Waals surface area contributed by atoms with Gasteiger partial charge in [0.1, 0.15) is 18.2 Å². The SMILES string of the molecule is CC(C)=C1Oc2c(ccc3c2CN(CC2CCCO2)CO3)C1=O. The zero-order valence-corrected chi connectivity index (χ0v) is 13.6. The Morgan fingerprint density at radius 3 is 2.96 bits per heavy atom. The molecule has 5 heteroatoms. The van der Waals surface area contributed by atoms with Gasteiger partial charge in [0.15, 0.2) is 5.76 Å². The van der Waals surface area contributed by atoms with Gasteiger partial charge in [-0.15, -0.1) is 0 Å². The summed E-state index contributed by atoms with van der Waals surface area (Å²) < 4.78 is 17.5. The minimum absolute atomic E-state index is 0.0287. The van der Waals surface area contributed by atoms with Crippen LogP contribution < -0.4 is 9.47 Å². The molecule has 0 N–H and O–H groups in total. The number of hydrogen-bond donors (Lipinski definition) is 0. The Labute approximate surface area is 135 Å². The molecule has 0 bridgehead atoms. The Hall–Kier alpha value is -1.85. The van der Waals surface area contributed by atoms with Crippen LogP contribution in [0.3, 0.4) is 0 Å². The molecule has 0 aliphatic carbocycles. The minimum Gasteiger partial charge on any atom is -0.478 e. The second-order valence-corrected chi connectivity index (χ2v) is 6.60. The lowest BCUT2D eigenvalue weighted by molar-refractivity contribution is 0.0274. The summed E-state index contributed by atoms with van der Waals surface area (Å²) in [5.41, 5.74) is 2.51. The molecule has 0 aromatic heterocycles. The minimum atomic E-state index is -0.0287. The maximum absolute atomic E-state index is 12.4. The monoisotopic (exact) mass is 315 g/mol. The number of fused-ring (bicyclic) bond motifs is 3. The van der Waals surface area contributed by atoms with E-state index in [1.165, 1.54) is 0 Å². The van der Waals surface area contributed by atoms with Crippen molar-refractivity contribution in [3.63, 3.8) is 0 Å². The van der Waals surface area contributed by atoms with Crippen molar-refractivity contribution in [3.8, 4) is 11.5 Å². The molecule has 0 saturated carbocycles. The summed E-state index contributed by atoms with van der Waals surface area (Å²) >= 11 is 0. The summed E-state index contributed by atoms with van der Waals surface area (Å²) in [6.07, 6.45) is 2.52. The third-order valence-electron chi connectivity index (χ3n) is 4.60. The first-order valence-electron chi connectivity index (χ1n) is 8.16. The summed E-state index contributed by atoms with van der Waals surface area (Å²) in [5.74, 6) is 1.90. The van der Waals surface area contributed by atoms with Crippen molar-refractivity contribution in [1.82, 2.24) is 4.90 Å². The van der Waals surface area contributed by atoms with Gasteiger partial charge in [0, 0.05) is 19.7 Å². The molecular formula is C18H21NO4. The van der Waals surface area contributed by atoms with E-state index in [1.54, 1.807) is 0 Å². The highest BCUT2D eigenvalue weighted by atomic mass is 16.5. The summed E-state index contributed by atoms with van der Waals surface area (Å²) in [4.78, 5) is 14.6. The average Bonchev–Trinajstić information content (AvgIpc) is 3.15. The topological polar surface area (TPSA) is 48.0 Å². The molecule has 4 rings (SSSR count). The fourth-order valence-electron chi connectivity index (χ4n) is 3.41. The van der Waals surface area contributed by atoms with E-state index in [1.807, 2.05) is 26.0 Å². The van der Waals surface area contributed by atoms with Gasteiger partial charge in [0.2, 0.25) is 5.78 Å². The van der Waals surface area contributed by atoms with E-state index in [-0.39, 0.29) is 11.9 Å². The number of rotatable bonds is 2. The van der Waals surface area contributed by atoms with Crippen LogP contribution in [0.4, 0.5) is 0 Å². The van der Waals surface area contributed by atoms with Crippen molar-refractivity contribution in [1.29, 1.82) is 0 Å². The van der Waals surface area contributed by atoms with E-state index in [0.717, 1.165) is 49.4 Å². The molecule has 3 heterocycles. The number of hydrogen-bond acceptors (Lipinski definition) is 5. The molecular weight excluding hydrogens is 294 g/mol. The molecule has 1 aromatic carbocycles. The largest absolute Gasteiger partial charge is 0.478 e. The Morgan fingerprint density at radius 1 is 1.35 bits per heavy atom. The number of Topliss-reactive ketones (excluding diaryl/α,β-unsaturated/α-hetero) is 1. The lowest BCUT2D eigenvalue weighted by Gasteiger charge is -2.31. The van der Waals surface area contributed by atoms with Crippen molar-refractivity contribution >= 4 is 5.78 Å². The predicted molar refractivity (Wildman–Crippen MR) is 84.7 cm³/mol. The smallest absolute Gasteiger partial charge is 0.231 e. The van der Waals surface area contributed by atoms with Gasteiger partial charge in [0.25, 0.3) is 0 Å². The van der Waals surface area contributed by atoms with Gasteiger partial charge in [-0.05, 0) is 44.4 Å². The van der Waals surface area contributed by atoms with Gasteiger partial charge >= 0.3 is 0 Å². The number of nitrogens with zero attached hydrogens (tertiary/aromatic N) is 1. The molecule has 1 unspecified atom stereocenters. The number of allylic oxidation sites excluding steroid dienone is 2. The fourth-order valence-corrected chi connectivity index (χ4v) is 3.41. The summed E-state index contributed by atoms with van der Waals surface area (Å²) in [6.45, 7) is 6.77. The number of carbonyl (C=O) groups excluding carboxylic acids is 1. The fraction of sp³-hybridized carbons (Fsp3) is 0.500. The van der Waals surface area contributed by atoms with Gasteiger partial charge in [-0.25, -0.2) is 0 Å².